The van der Waals surface area contributed by atoms with E-state index in [1.807, 2.05) is 0 Å². The van der Waals surface area contributed by atoms with Crippen molar-refractivity contribution in [2.75, 3.05) is 10.7 Å². The highest BCUT2D eigenvalue weighted by Crippen LogP contribution is 2.40. The Balaban J connectivity index is 1.37. The molecular formula is C20H16F4N6. The molecule has 1 aliphatic carbocycles. The Bertz CT molecular complexity index is 1060. The van der Waals surface area contributed by atoms with Crippen LogP contribution < -0.4 is 10.7 Å². The minimum atomic E-state index is -4.41. The molecule has 2 N–H and O–H groups in total. The summed E-state index contributed by atoms with van der Waals surface area (Å²) in [5.74, 6) is -0.0778. The number of anilines is 3. The third kappa shape index (κ3) is 4.88. The van der Waals surface area contributed by atoms with E-state index in [0.717, 1.165) is 31.2 Å². The molecular weight excluding hydrogens is 400 g/mol. The molecule has 6 nitrogen and oxygen atoms in total. The molecule has 4 rings (SSSR count). The van der Waals surface area contributed by atoms with Gasteiger partial charge in [0, 0.05) is 11.6 Å². The lowest BCUT2D eigenvalue weighted by atomic mass is 10.2. The van der Waals surface area contributed by atoms with Crippen LogP contribution in [0.4, 0.5) is 34.9 Å². The summed E-state index contributed by atoms with van der Waals surface area (Å²) < 4.78 is 52.0. The minimum absolute atomic E-state index is 0.149. The summed E-state index contributed by atoms with van der Waals surface area (Å²) in [6.07, 6.45) is 1.45. The van der Waals surface area contributed by atoms with Crippen molar-refractivity contribution in [2.24, 2.45) is 5.10 Å². The SMILES string of the molecule is Fc1cnc(N/N=C/c2ccc(Nc3cccc(C(F)(F)F)c3)cn2)nc1C1CC1. The smallest absolute Gasteiger partial charge is 0.354 e. The van der Waals surface area contributed by atoms with Crippen molar-refractivity contribution < 1.29 is 17.6 Å². The third-order valence-electron chi connectivity index (χ3n) is 4.36. The van der Waals surface area contributed by atoms with Gasteiger partial charge in [-0.1, -0.05) is 6.07 Å². The molecule has 1 aromatic carbocycles. The molecule has 154 valence electrons. The van der Waals surface area contributed by atoms with Crippen LogP contribution in [-0.4, -0.2) is 21.2 Å². The number of hydrazone groups is 1. The third-order valence-corrected chi connectivity index (χ3v) is 4.36. The average Bonchev–Trinajstić information content (AvgIpc) is 3.55. The second kappa shape index (κ2) is 8.05. The van der Waals surface area contributed by atoms with Crippen molar-refractivity contribution in [1.82, 2.24) is 15.0 Å². The van der Waals surface area contributed by atoms with Crippen LogP contribution in [0.25, 0.3) is 0 Å². The summed E-state index contributed by atoms with van der Waals surface area (Å²) in [5.41, 5.74) is 3.62. The number of hydrogen-bond acceptors (Lipinski definition) is 6. The van der Waals surface area contributed by atoms with Crippen molar-refractivity contribution >= 4 is 23.5 Å². The molecule has 2 aromatic heterocycles. The molecule has 0 atom stereocenters. The zero-order valence-electron chi connectivity index (χ0n) is 15.5. The first-order chi connectivity index (χ1) is 14.4. The maximum Gasteiger partial charge on any atom is 0.416 e. The highest BCUT2D eigenvalue weighted by Gasteiger charge is 2.30. The van der Waals surface area contributed by atoms with Crippen LogP contribution in [0.3, 0.4) is 0 Å². The monoisotopic (exact) mass is 416 g/mol. The van der Waals surface area contributed by atoms with Crippen molar-refractivity contribution in [3.8, 4) is 0 Å². The van der Waals surface area contributed by atoms with E-state index in [1.54, 1.807) is 12.1 Å². The standard InChI is InChI=1S/C20H16F4N6/c21-17-11-26-19(29-18(17)12-4-5-12)30-27-10-15-6-7-16(9-25-15)28-14-3-1-2-13(8-14)20(22,23)24/h1-3,6-12,28H,4-5H2,(H,26,29,30)/b27-10+. The lowest BCUT2D eigenvalue weighted by Gasteiger charge is -2.10. The van der Waals surface area contributed by atoms with Gasteiger partial charge >= 0.3 is 6.18 Å². The Labute approximate surface area is 169 Å². The summed E-state index contributed by atoms with van der Waals surface area (Å²) in [4.78, 5) is 12.1. The number of pyridine rings is 1. The molecule has 10 heteroatoms. The predicted molar refractivity (Wildman–Crippen MR) is 104 cm³/mol. The molecule has 1 saturated carbocycles. The van der Waals surface area contributed by atoms with Crippen molar-refractivity contribution in [3.05, 3.63) is 71.6 Å². The highest BCUT2D eigenvalue weighted by molar-refractivity contribution is 5.78. The Morgan fingerprint density at radius 1 is 1.03 bits per heavy atom. The number of alkyl halides is 3. The van der Waals surface area contributed by atoms with Gasteiger partial charge in [0.2, 0.25) is 5.95 Å². The maximum atomic E-state index is 13.7. The largest absolute Gasteiger partial charge is 0.416 e. The van der Waals surface area contributed by atoms with E-state index in [-0.39, 0.29) is 11.9 Å². The zero-order valence-corrected chi connectivity index (χ0v) is 15.5. The lowest BCUT2D eigenvalue weighted by molar-refractivity contribution is -0.137. The lowest BCUT2D eigenvalue weighted by Crippen LogP contribution is -2.05. The van der Waals surface area contributed by atoms with Crippen LogP contribution in [0.5, 0.6) is 0 Å². The molecule has 2 heterocycles. The van der Waals surface area contributed by atoms with Gasteiger partial charge in [0.1, 0.15) is 0 Å². The van der Waals surface area contributed by atoms with Gasteiger partial charge < -0.3 is 5.32 Å². The van der Waals surface area contributed by atoms with Crippen molar-refractivity contribution in [3.63, 3.8) is 0 Å². The summed E-state index contributed by atoms with van der Waals surface area (Å²) in [6.45, 7) is 0. The second-order valence-corrected chi connectivity index (χ2v) is 6.75. The van der Waals surface area contributed by atoms with E-state index >= 15 is 0 Å². The average molecular weight is 416 g/mol. The molecule has 0 spiro atoms. The fourth-order valence-electron chi connectivity index (χ4n) is 2.73. The molecule has 0 saturated heterocycles. The molecule has 30 heavy (non-hydrogen) atoms. The number of aromatic nitrogens is 3. The molecule has 0 amide bonds. The zero-order chi connectivity index (χ0) is 21.1. The molecule has 0 aliphatic heterocycles. The van der Waals surface area contributed by atoms with Crippen molar-refractivity contribution in [2.45, 2.75) is 24.9 Å². The van der Waals surface area contributed by atoms with Crippen molar-refractivity contribution in [1.29, 1.82) is 0 Å². The van der Waals surface area contributed by atoms with E-state index in [0.29, 0.717) is 22.8 Å². The topological polar surface area (TPSA) is 75.1 Å². The summed E-state index contributed by atoms with van der Waals surface area (Å²) in [7, 11) is 0. The maximum absolute atomic E-state index is 13.7. The van der Waals surface area contributed by atoms with E-state index in [4.69, 9.17) is 0 Å². The Kier molecular flexibility index (Phi) is 5.30. The summed E-state index contributed by atoms with van der Waals surface area (Å²) in [6, 6.07) is 8.20. The number of halogens is 4. The van der Waals surface area contributed by atoms with Crippen LogP contribution in [0, 0.1) is 5.82 Å². The first-order valence-electron chi connectivity index (χ1n) is 9.10. The Morgan fingerprint density at radius 2 is 1.87 bits per heavy atom. The number of nitrogens with zero attached hydrogens (tertiary/aromatic N) is 4. The van der Waals surface area contributed by atoms with Gasteiger partial charge in [-0.3, -0.25) is 4.98 Å². The number of nitrogens with one attached hydrogen (secondary N) is 2. The van der Waals surface area contributed by atoms with E-state index in [9.17, 15) is 17.6 Å². The van der Waals surface area contributed by atoms with Crippen LogP contribution >= 0.6 is 0 Å². The fourth-order valence-corrected chi connectivity index (χ4v) is 2.73. The first-order valence-corrected chi connectivity index (χ1v) is 9.10. The van der Waals surface area contributed by atoms with Gasteiger partial charge in [0.05, 0.1) is 41.2 Å². The molecule has 3 aromatic rings. The van der Waals surface area contributed by atoms with Gasteiger partial charge in [-0.15, -0.1) is 0 Å². The van der Waals surface area contributed by atoms with E-state index < -0.39 is 17.6 Å². The van der Waals surface area contributed by atoms with Gasteiger partial charge in [0.25, 0.3) is 0 Å². The highest BCUT2D eigenvalue weighted by atomic mass is 19.4. The Morgan fingerprint density at radius 3 is 2.57 bits per heavy atom. The number of rotatable bonds is 6. The quantitative estimate of drug-likeness (QED) is 0.332. The molecule has 1 fully saturated rings. The van der Waals surface area contributed by atoms with Gasteiger partial charge in [-0.05, 0) is 43.2 Å². The fraction of sp³-hybridized carbons (Fsp3) is 0.200. The second-order valence-electron chi connectivity index (χ2n) is 6.75. The normalized spacial score (nSPS) is 14.1. The van der Waals surface area contributed by atoms with Gasteiger partial charge in [-0.2, -0.15) is 18.3 Å². The van der Waals surface area contributed by atoms with E-state index in [2.05, 4.69) is 30.8 Å². The summed E-state index contributed by atoms with van der Waals surface area (Å²) in [5, 5.41) is 6.86. The molecule has 0 unspecified atom stereocenters. The first kappa shape index (κ1) is 19.7. The molecule has 1 aliphatic rings. The predicted octanol–water partition coefficient (Wildman–Crippen LogP) is 5.10. The van der Waals surface area contributed by atoms with Gasteiger partial charge in [-0.25, -0.2) is 19.8 Å². The summed E-state index contributed by atoms with van der Waals surface area (Å²) >= 11 is 0. The number of benzene rings is 1. The Hall–Kier alpha value is -3.56. The van der Waals surface area contributed by atoms with Crippen LogP contribution in [-0.2, 0) is 6.18 Å². The number of hydrogen-bond donors (Lipinski definition) is 2. The minimum Gasteiger partial charge on any atom is -0.354 e. The van der Waals surface area contributed by atoms with Gasteiger partial charge in [0.15, 0.2) is 5.82 Å². The van der Waals surface area contributed by atoms with Crippen LogP contribution in [0.2, 0.25) is 0 Å². The van der Waals surface area contributed by atoms with E-state index in [1.165, 1.54) is 24.5 Å². The van der Waals surface area contributed by atoms with Crippen LogP contribution in [0.1, 0.15) is 35.7 Å². The van der Waals surface area contributed by atoms with Crippen LogP contribution in [0.15, 0.2) is 53.9 Å². The molecule has 0 bridgehead atoms. The molecule has 0 radical (unpaired) electrons.